The van der Waals surface area contributed by atoms with Gasteiger partial charge in [-0.25, -0.2) is 4.79 Å². The van der Waals surface area contributed by atoms with E-state index in [9.17, 15) is 9.59 Å². The van der Waals surface area contributed by atoms with Gasteiger partial charge in [0.1, 0.15) is 6.04 Å². The molecule has 0 aromatic heterocycles. The van der Waals surface area contributed by atoms with Crippen LogP contribution in [-0.4, -0.2) is 37.7 Å². The number of hydrogen-bond acceptors (Lipinski definition) is 4. The Hall–Kier alpha value is -1.30. The third-order valence-electron chi connectivity index (χ3n) is 4.15. The minimum atomic E-state index is -0.729. The molecule has 0 unspecified atom stereocenters. The van der Waals surface area contributed by atoms with Crippen LogP contribution in [0.1, 0.15) is 84.5 Å². The number of carbonyl (C=O) groups excluding carboxylic acids is 2. The van der Waals surface area contributed by atoms with Gasteiger partial charge in [0.25, 0.3) is 0 Å². The lowest BCUT2D eigenvalue weighted by molar-refractivity contribution is -0.122. The molecule has 6 heteroatoms. The Bertz CT molecular complexity index is 338. The highest BCUT2D eigenvalue weighted by atomic mass is 16.5. The Balaban J connectivity index is 3.72. The molecule has 6 nitrogen and oxygen atoms in total. The van der Waals surface area contributed by atoms with Crippen molar-refractivity contribution in [2.24, 2.45) is 5.73 Å². The zero-order valence-corrected chi connectivity index (χ0v) is 16.3. The van der Waals surface area contributed by atoms with Crippen molar-refractivity contribution in [1.82, 2.24) is 10.6 Å². The minimum Gasteiger partial charge on any atom is -0.450 e. The van der Waals surface area contributed by atoms with Crippen molar-refractivity contribution < 1.29 is 14.3 Å². The molecule has 0 aromatic rings. The first-order valence-electron chi connectivity index (χ1n) is 10.1. The Morgan fingerprint density at radius 3 is 2.04 bits per heavy atom. The Morgan fingerprint density at radius 1 is 0.880 bits per heavy atom. The number of hydrogen-bond donors (Lipinski definition) is 3. The number of alkyl carbamates (subject to hydrolysis) is 1. The largest absolute Gasteiger partial charge is 0.450 e. The first kappa shape index (κ1) is 23.7. The van der Waals surface area contributed by atoms with Gasteiger partial charge in [-0.05, 0) is 12.8 Å². The van der Waals surface area contributed by atoms with Crippen LogP contribution >= 0.6 is 0 Å². The molecule has 0 rings (SSSR count). The Kier molecular flexibility index (Phi) is 16.6. The van der Waals surface area contributed by atoms with Crippen molar-refractivity contribution in [3.63, 3.8) is 0 Å². The number of unbranched alkanes of at least 4 members (excludes halogenated alkanes) is 9. The van der Waals surface area contributed by atoms with E-state index in [0.717, 1.165) is 32.1 Å². The number of rotatable bonds is 16. The molecule has 0 aliphatic rings. The maximum Gasteiger partial charge on any atom is 0.407 e. The van der Waals surface area contributed by atoms with Crippen molar-refractivity contribution in [3.05, 3.63) is 0 Å². The predicted octanol–water partition coefficient (Wildman–Crippen LogP) is 3.49. The number of nitrogens with two attached hydrogens (primary N) is 1. The summed E-state index contributed by atoms with van der Waals surface area (Å²) in [7, 11) is 0. The summed E-state index contributed by atoms with van der Waals surface area (Å²) in [6.07, 6.45) is 12.0. The second kappa shape index (κ2) is 17.5. The average molecular weight is 358 g/mol. The third kappa shape index (κ3) is 14.7. The Morgan fingerprint density at radius 2 is 1.44 bits per heavy atom. The molecule has 0 saturated carbocycles. The summed E-state index contributed by atoms with van der Waals surface area (Å²) in [5.74, 6) is -0.244. The summed E-state index contributed by atoms with van der Waals surface area (Å²) in [4.78, 5) is 23.7. The van der Waals surface area contributed by atoms with Crippen molar-refractivity contribution in [2.45, 2.75) is 90.5 Å². The third-order valence-corrected chi connectivity index (χ3v) is 4.15. The lowest BCUT2D eigenvalue weighted by Gasteiger charge is -2.16. The second-order valence-corrected chi connectivity index (χ2v) is 6.54. The van der Waals surface area contributed by atoms with E-state index in [1.54, 1.807) is 0 Å². The molecule has 0 spiro atoms. The van der Waals surface area contributed by atoms with Crippen LogP contribution in [0.5, 0.6) is 0 Å². The molecule has 0 heterocycles. The van der Waals surface area contributed by atoms with Gasteiger partial charge in [0.05, 0.1) is 6.61 Å². The SMILES string of the molecule is CCCCCCCCCOC(=O)N[C@@H](CN)C(=O)NCCCCCC. The average Bonchev–Trinajstić information content (AvgIpc) is 2.61. The first-order chi connectivity index (χ1) is 12.2. The van der Waals surface area contributed by atoms with Crippen LogP contribution in [0.3, 0.4) is 0 Å². The Labute approximate surface area is 153 Å². The van der Waals surface area contributed by atoms with Gasteiger partial charge >= 0.3 is 6.09 Å². The van der Waals surface area contributed by atoms with Crippen molar-refractivity contribution in [1.29, 1.82) is 0 Å². The van der Waals surface area contributed by atoms with E-state index < -0.39 is 12.1 Å². The van der Waals surface area contributed by atoms with Crippen LogP contribution in [0, 0.1) is 0 Å². The fourth-order valence-electron chi connectivity index (χ4n) is 2.53. The molecule has 0 aliphatic carbocycles. The monoisotopic (exact) mass is 357 g/mol. The number of carbonyl (C=O) groups is 2. The fraction of sp³-hybridized carbons (Fsp3) is 0.895. The molecule has 25 heavy (non-hydrogen) atoms. The lowest BCUT2D eigenvalue weighted by Crippen LogP contribution is -2.51. The second-order valence-electron chi connectivity index (χ2n) is 6.54. The van der Waals surface area contributed by atoms with E-state index in [1.165, 1.54) is 38.5 Å². The van der Waals surface area contributed by atoms with Gasteiger partial charge in [-0.3, -0.25) is 4.79 Å². The maximum absolute atomic E-state index is 12.0. The quantitative estimate of drug-likeness (QED) is 0.369. The van der Waals surface area contributed by atoms with Crippen LogP contribution in [0.4, 0.5) is 4.79 Å². The van der Waals surface area contributed by atoms with E-state index in [0.29, 0.717) is 13.2 Å². The molecule has 1 atom stereocenters. The molecular formula is C19H39N3O3. The van der Waals surface area contributed by atoms with Crippen LogP contribution < -0.4 is 16.4 Å². The molecule has 0 bridgehead atoms. The summed E-state index contributed by atoms with van der Waals surface area (Å²) >= 11 is 0. The van der Waals surface area contributed by atoms with Crippen molar-refractivity contribution in [3.8, 4) is 0 Å². The summed E-state index contributed by atoms with van der Waals surface area (Å²) < 4.78 is 5.12. The van der Waals surface area contributed by atoms with Gasteiger partial charge < -0.3 is 21.1 Å². The highest BCUT2D eigenvalue weighted by Gasteiger charge is 2.19. The van der Waals surface area contributed by atoms with Gasteiger partial charge in [-0.2, -0.15) is 0 Å². The highest BCUT2D eigenvalue weighted by molar-refractivity contribution is 5.85. The van der Waals surface area contributed by atoms with E-state index >= 15 is 0 Å². The van der Waals surface area contributed by atoms with Gasteiger partial charge in [0.2, 0.25) is 5.91 Å². The molecule has 0 aromatic carbocycles. The zero-order valence-electron chi connectivity index (χ0n) is 16.3. The normalized spacial score (nSPS) is 11.8. The van der Waals surface area contributed by atoms with E-state index in [4.69, 9.17) is 10.5 Å². The molecular weight excluding hydrogens is 318 g/mol. The van der Waals surface area contributed by atoms with Crippen LogP contribution in [-0.2, 0) is 9.53 Å². The fourth-order valence-corrected chi connectivity index (χ4v) is 2.53. The summed E-state index contributed by atoms with van der Waals surface area (Å²) in [6, 6.07) is -0.729. The van der Waals surface area contributed by atoms with Crippen LogP contribution in [0.25, 0.3) is 0 Å². The standard InChI is InChI=1S/C19H39N3O3/c1-3-5-7-9-10-11-13-15-25-19(24)22-17(16-20)18(23)21-14-12-8-6-4-2/h17H,3-16,20H2,1-2H3,(H,21,23)(H,22,24)/t17-/m0/s1. The van der Waals surface area contributed by atoms with Crippen LogP contribution in [0.2, 0.25) is 0 Å². The van der Waals surface area contributed by atoms with Crippen molar-refractivity contribution >= 4 is 12.0 Å². The highest BCUT2D eigenvalue weighted by Crippen LogP contribution is 2.06. The molecule has 0 fully saturated rings. The number of nitrogens with one attached hydrogen (secondary N) is 2. The summed E-state index contributed by atoms with van der Waals surface area (Å²) in [5.41, 5.74) is 5.58. The maximum atomic E-state index is 12.0. The minimum absolute atomic E-state index is 0.0628. The number of amides is 2. The lowest BCUT2D eigenvalue weighted by atomic mass is 10.1. The number of ether oxygens (including phenoxy) is 1. The summed E-state index contributed by atoms with van der Waals surface area (Å²) in [6.45, 7) is 5.41. The van der Waals surface area contributed by atoms with Gasteiger partial charge in [0, 0.05) is 13.1 Å². The predicted molar refractivity (Wildman–Crippen MR) is 102 cm³/mol. The van der Waals surface area contributed by atoms with Gasteiger partial charge in [-0.15, -0.1) is 0 Å². The van der Waals surface area contributed by atoms with Gasteiger partial charge in [-0.1, -0.05) is 71.6 Å². The molecule has 0 saturated heterocycles. The smallest absolute Gasteiger partial charge is 0.407 e. The molecule has 0 radical (unpaired) electrons. The van der Waals surface area contributed by atoms with Crippen LogP contribution in [0.15, 0.2) is 0 Å². The first-order valence-corrected chi connectivity index (χ1v) is 10.1. The van der Waals surface area contributed by atoms with E-state index in [2.05, 4.69) is 24.5 Å². The van der Waals surface area contributed by atoms with Gasteiger partial charge in [0.15, 0.2) is 0 Å². The van der Waals surface area contributed by atoms with Crippen molar-refractivity contribution in [2.75, 3.05) is 19.7 Å². The zero-order chi connectivity index (χ0) is 18.8. The summed E-state index contributed by atoms with van der Waals surface area (Å²) in [5, 5.41) is 5.35. The molecule has 148 valence electrons. The van der Waals surface area contributed by atoms with E-state index in [1.807, 2.05) is 0 Å². The van der Waals surface area contributed by atoms with E-state index in [-0.39, 0.29) is 12.5 Å². The molecule has 4 N–H and O–H groups in total. The topological polar surface area (TPSA) is 93.4 Å². The molecule has 2 amide bonds. The molecule has 0 aliphatic heterocycles.